The van der Waals surface area contributed by atoms with Crippen LogP contribution >= 0.6 is 0 Å². The van der Waals surface area contributed by atoms with E-state index in [1.807, 2.05) is 25.1 Å². The number of rotatable bonds is 13. The first-order valence-corrected chi connectivity index (χ1v) is 18.2. The number of halogens is 1. The van der Waals surface area contributed by atoms with Crippen molar-refractivity contribution in [2.24, 2.45) is 11.8 Å². The van der Waals surface area contributed by atoms with Gasteiger partial charge in [-0.1, -0.05) is 45.7 Å². The Morgan fingerprint density at radius 2 is 1.69 bits per heavy atom. The fraction of sp³-hybridized carbons (Fsp3) is 0.526. The zero-order valence-corrected chi connectivity index (χ0v) is 30.1. The Morgan fingerprint density at radius 3 is 2.33 bits per heavy atom. The average Bonchev–Trinajstić information content (AvgIpc) is 3.63. The number of nitrogens with one attached hydrogen (secondary N) is 3. The molecular weight excluding hydrogens is 651 g/mol. The number of amides is 4. The Morgan fingerprint density at radius 1 is 0.941 bits per heavy atom. The minimum Gasteiger partial charge on any atom is -0.344 e. The van der Waals surface area contributed by atoms with Gasteiger partial charge in [0.25, 0.3) is 5.91 Å². The molecule has 13 heteroatoms. The molecule has 1 saturated heterocycles. The van der Waals surface area contributed by atoms with E-state index in [0.29, 0.717) is 56.4 Å². The molecule has 3 aromatic rings. The summed E-state index contributed by atoms with van der Waals surface area (Å²) in [6.07, 6.45) is 6.92. The third-order valence-electron chi connectivity index (χ3n) is 10.3. The Hall–Kier alpha value is -4.65. The number of carbonyl (C=O) groups excluding carboxylic acids is 4. The molecule has 1 saturated carbocycles. The highest BCUT2D eigenvalue weighted by atomic mass is 19.1. The van der Waals surface area contributed by atoms with Crippen LogP contribution in [0.25, 0.3) is 0 Å². The minimum absolute atomic E-state index is 0.0255. The summed E-state index contributed by atoms with van der Waals surface area (Å²) < 4.78 is 17.3. The van der Waals surface area contributed by atoms with Crippen LogP contribution in [0.2, 0.25) is 0 Å². The van der Waals surface area contributed by atoms with E-state index < -0.39 is 35.6 Å². The van der Waals surface area contributed by atoms with Crippen molar-refractivity contribution in [2.75, 3.05) is 31.5 Å². The van der Waals surface area contributed by atoms with Gasteiger partial charge in [0.1, 0.15) is 23.6 Å². The first-order chi connectivity index (χ1) is 24.6. The molecule has 2 aromatic heterocycles. The van der Waals surface area contributed by atoms with Crippen molar-refractivity contribution in [1.29, 1.82) is 0 Å². The SMILES string of the molecule is CCC(=O)N[C@@H](C(=O)N1CCN(Cc2ccccn2)CC1)[C@@H](C)c1ccc(NC(=O)[C@H](NC(=O)c2ccnn2CC)[C@H]2CC[C@H](C)CC2)c(F)c1. The number of pyridine rings is 1. The molecule has 3 N–H and O–H groups in total. The van der Waals surface area contributed by atoms with E-state index in [0.717, 1.165) is 31.4 Å². The smallest absolute Gasteiger partial charge is 0.270 e. The molecule has 0 bridgehead atoms. The van der Waals surface area contributed by atoms with E-state index in [1.54, 1.807) is 48.0 Å². The number of carbonyl (C=O) groups is 4. The van der Waals surface area contributed by atoms with E-state index in [9.17, 15) is 19.2 Å². The van der Waals surface area contributed by atoms with Crippen LogP contribution in [0, 0.1) is 17.7 Å². The molecule has 1 aliphatic heterocycles. The molecule has 1 aromatic carbocycles. The van der Waals surface area contributed by atoms with E-state index in [4.69, 9.17) is 0 Å². The van der Waals surface area contributed by atoms with Crippen molar-refractivity contribution in [3.63, 3.8) is 0 Å². The van der Waals surface area contributed by atoms with Crippen molar-refractivity contribution < 1.29 is 23.6 Å². The van der Waals surface area contributed by atoms with Gasteiger partial charge in [-0.15, -0.1) is 0 Å². The summed E-state index contributed by atoms with van der Waals surface area (Å²) in [5, 5.41) is 12.7. The molecule has 3 atom stereocenters. The third-order valence-corrected chi connectivity index (χ3v) is 10.3. The highest BCUT2D eigenvalue weighted by Gasteiger charge is 2.35. The summed E-state index contributed by atoms with van der Waals surface area (Å²) in [4.78, 5) is 61.9. The molecule has 0 radical (unpaired) electrons. The van der Waals surface area contributed by atoms with Crippen molar-refractivity contribution in [3.05, 3.63) is 77.6 Å². The molecule has 2 aliphatic rings. The lowest BCUT2D eigenvalue weighted by molar-refractivity contribution is -0.138. The van der Waals surface area contributed by atoms with Crippen molar-refractivity contribution in [2.45, 2.75) is 90.9 Å². The maximum atomic E-state index is 15.8. The number of aromatic nitrogens is 3. The highest BCUT2D eigenvalue weighted by Crippen LogP contribution is 2.32. The van der Waals surface area contributed by atoms with Crippen LogP contribution in [0.1, 0.15) is 87.5 Å². The van der Waals surface area contributed by atoms with E-state index in [1.165, 1.54) is 12.1 Å². The molecular formula is C38H51FN8O4. The third kappa shape index (κ3) is 9.57. The Bertz CT molecular complexity index is 1650. The molecule has 12 nitrogen and oxygen atoms in total. The van der Waals surface area contributed by atoms with Crippen LogP contribution in [0.3, 0.4) is 0 Å². The average molecular weight is 703 g/mol. The second kappa shape index (κ2) is 17.5. The zero-order valence-electron chi connectivity index (χ0n) is 30.1. The first-order valence-electron chi connectivity index (χ1n) is 18.2. The van der Waals surface area contributed by atoms with Gasteiger partial charge < -0.3 is 20.9 Å². The number of anilines is 1. The fourth-order valence-corrected chi connectivity index (χ4v) is 7.05. The van der Waals surface area contributed by atoms with Gasteiger partial charge in [0.05, 0.1) is 11.4 Å². The second-order valence-electron chi connectivity index (χ2n) is 13.8. The van der Waals surface area contributed by atoms with Gasteiger partial charge in [-0.3, -0.25) is 33.7 Å². The molecule has 4 amide bonds. The predicted molar refractivity (Wildman–Crippen MR) is 192 cm³/mol. The number of hydrogen-bond donors (Lipinski definition) is 3. The van der Waals surface area contributed by atoms with Crippen LogP contribution in [0.4, 0.5) is 10.1 Å². The normalized spacial score (nSPS) is 19.8. The lowest BCUT2D eigenvalue weighted by Crippen LogP contribution is -2.56. The summed E-state index contributed by atoms with van der Waals surface area (Å²) in [5.41, 5.74) is 1.80. The molecule has 2 fully saturated rings. The summed E-state index contributed by atoms with van der Waals surface area (Å²) in [6.45, 7) is 11.1. The summed E-state index contributed by atoms with van der Waals surface area (Å²) in [6, 6.07) is 10.1. The van der Waals surface area contributed by atoms with Crippen LogP contribution in [-0.2, 0) is 27.5 Å². The summed E-state index contributed by atoms with van der Waals surface area (Å²) in [7, 11) is 0. The van der Waals surface area contributed by atoms with Gasteiger partial charge in [0.15, 0.2) is 0 Å². The summed E-state index contributed by atoms with van der Waals surface area (Å²) in [5.74, 6) is -2.18. The quantitative estimate of drug-likeness (QED) is 0.241. The minimum atomic E-state index is -0.899. The van der Waals surface area contributed by atoms with Gasteiger partial charge in [-0.2, -0.15) is 5.10 Å². The number of aryl methyl sites for hydroxylation is 1. The van der Waals surface area contributed by atoms with Crippen molar-refractivity contribution in [1.82, 2.24) is 35.2 Å². The molecule has 1 aliphatic carbocycles. The van der Waals surface area contributed by atoms with Crippen molar-refractivity contribution >= 4 is 29.3 Å². The highest BCUT2D eigenvalue weighted by molar-refractivity contribution is 6.00. The standard InChI is InChI=1S/C38H51FN8O4/c1-5-33(48)43-34(38(51)46-21-19-45(20-22-46)24-29-9-7-8-17-40-29)26(4)28-14-15-31(30(39)23-28)42-37(50)35(27-12-10-25(3)11-13-27)44-36(49)32-16-18-41-47(32)6-2/h7-9,14-18,23,25-27,34-35H,5-6,10-13,19-22,24H2,1-4H3,(H,42,50)(H,43,48)(H,44,49)/t25-,26-,27-,34+,35+/m0/s1. The van der Waals surface area contributed by atoms with Crippen LogP contribution < -0.4 is 16.0 Å². The number of hydrogen-bond acceptors (Lipinski definition) is 7. The Labute approximate surface area is 299 Å². The molecule has 274 valence electrons. The van der Waals surface area contributed by atoms with Crippen LogP contribution in [0.15, 0.2) is 54.9 Å². The molecule has 5 rings (SSSR count). The maximum Gasteiger partial charge on any atom is 0.270 e. The van der Waals surface area contributed by atoms with Crippen LogP contribution in [0.5, 0.6) is 0 Å². The molecule has 0 unspecified atom stereocenters. The molecule has 51 heavy (non-hydrogen) atoms. The van der Waals surface area contributed by atoms with E-state index >= 15 is 4.39 Å². The van der Waals surface area contributed by atoms with E-state index in [-0.39, 0.29) is 29.8 Å². The maximum absolute atomic E-state index is 15.8. The Kier molecular flexibility index (Phi) is 12.9. The lowest BCUT2D eigenvalue weighted by Gasteiger charge is -2.37. The summed E-state index contributed by atoms with van der Waals surface area (Å²) >= 11 is 0. The number of nitrogens with zero attached hydrogens (tertiary/aromatic N) is 5. The van der Waals surface area contributed by atoms with Gasteiger partial charge in [0, 0.05) is 64.0 Å². The van der Waals surface area contributed by atoms with Gasteiger partial charge in [0.2, 0.25) is 17.7 Å². The largest absolute Gasteiger partial charge is 0.344 e. The number of benzene rings is 1. The monoisotopic (exact) mass is 702 g/mol. The van der Waals surface area contributed by atoms with Gasteiger partial charge >= 0.3 is 0 Å². The Balaban J connectivity index is 1.27. The zero-order chi connectivity index (χ0) is 36.5. The van der Waals surface area contributed by atoms with Gasteiger partial charge in [-0.05, 0) is 67.5 Å². The predicted octanol–water partition coefficient (Wildman–Crippen LogP) is 4.34. The number of piperazine rings is 1. The fourth-order valence-electron chi connectivity index (χ4n) is 7.05. The lowest BCUT2D eigenvalue weighted by atomic mass is 9.79. The van der Waals surface area contributed by atoms with Crippen molar-refractivity contribution in [3.8, 4) is 0 Å². The topological polar surface area (TPSA) is 142 Å². The second-order valence-corrected chi connectivity index (χ2v) is 13.8. The first kappa shape index (κ1) is 37.6. The van der Waals surface area contributed by atoms with E-state index in [2.05, 4.69) is 37.9 Å². The molecule has 3 heterocycles. The van der Waals surface area contributed by atoms with Crippen LogP contribution in [-0.4, -0.2) is 86.5 Å². The molecule has 0 spiro atoms. The van der Waals surface area contributed by atoms with Gasteiger partial charge in [-0.25, -0.2) is 4.39 Å².